The minimum atomic E-state index is -3.59. The van der Waals surface area contributed by atoms with Gasteiger partial charge in [-0.05, 0) is 48.0 Å². The summed E-state index contributed by atoms with van der Waals surface area (Å²) in [6.45, 7) is 3.63. The van der Waals surface area contributed by atoms with Gasteiger partial charge in [-0.25, -0.2) is 8.42 Å². The van der Waals surface area contributed by atoms with E-state index < -0.39 is 10.0 Å². The maximum absolute atomic E-state index is 13.2. The summed E-state index contributed by atoms with van der Waals surface area (Å²) in [4.78, 5) is 14.0. The molecule has 1 atom stereocenters. The van der Waals surface area contributed by atoms with E-state index in [1.54, 1.807) is 36.4 Å². The van der Waals surface area contributed by atoms with Gasteiger partial charge in [0.1, 0.15) is 0 Å². The Morgan fingerprint density at radius 2 is 1.75 bits per heavy atom. The fourth-order valence-electron chi connectivity index (χ4n) is 4.03. The Morgan fingerprint density at radius 1 is 1.03 bits per heavy atom. The summed E-state index contributed by atoms with van der Waals surface area (Å²) >= 11 is 0. The van der Waals surface area contributed by atoms with Gasteiger partial charge in [0, 0.05) is 5.69 Å². The molecule has 8 heteroatoms. The van der Waals surface area contributed by atoms with Gasteiger partial charge in [-0.3, -0.25) is 4.79 Å². The first-order chi connectivity index (χ1) is 15.4. The Hall–Kier alpha value is -3.25. The van der Waals surface area contributed by atoms with Crippen LogP contribution in [0, 0.1) is 11.3 Å². The first-order valence-corrected chi connectivity index (χ1v) is 12.0. The molecule has 164 valence electrons. The van der Waals surface area contributed by atoms with Crippen LogP contribution in [0.1, 0.15) is 12.5 Å². The summed E-state index contributed by atoms with van der Waals surface area (Å²) in [5.41, 5.74) is 1.06. The zero-order valence-corrected chi connectivity index (χ0v) is 18.6. The average Bonchev–Trinajstić information content (AvgIpc) is 2.83. The van der Waals surface area contributed by atoms with Gasteiger partial charge in [-0.1, -0.05) is 36.4 Å². The predicted molar refractivity (Wildman–Crippen MR) is 123 cm³/mol. The van der Waals surface area contributed by atoms with E-state index in [0.717, 1.165) is 15.7 Å². The van der Waals surface area contributed by atoms with E-state index in [1.165, 1.54) is 4.31 Å². The SMILES string of the molecule is C[C@@H](C(=O)Nc1cccc(C#N)c1)[NH+]1CCN(S(=O)(=O)c2ccc3ccccc3c2)CC1. The van der Waals surface area contributed by atoms with Crippen molar-refractivity contribution in [1.29, 1.82) is 5.26 Å². The second kappa shape index (κ2) is 9.09. The lowest BCUT2D eigenvalue weighted by Crippen LogP contribution is -3.19. The van der Waals surface area contributed by atoms with E-state index in [9.17, 15) is 13.2 Å². The standard InChI is InChI=1S/C24H24N4O3S/c1-18(24(29)26-22-8-4-5-19(15-22)17-25)27-11-13-28(14-12-27)32(30,31)23-10-9-20-6-2-3-7-21(20)16-23/h2-10,15-16,18H,11-14H2,1H3,(H,26,29)/p+1/t18-/m0/s1. The Balaban J connectivity index is 1.40. The number of hydrogen-bond acceptors (Lipinski definition) is 4. The van der Waals surface area contributed by atoms with Crippen LogP contribution in [0.15, 0.2) is 71.6 Å². The van der Waals surface area contributed by atoms with Crippen molar-refractivity contribution in [1.82, 2.24) is 4.31 Å². The number of hydrogen-bond donors (Lipinski definition) is 2. The quantitative estimate of drug-likeness (QED) is 0.619. The molecule has 0 aliphatic carbocycles. The molecule has 0 spiro atoms. The van der Waals surface area contributed by atoms with Crippen LogP contribution in [0.3, 0.4) is 0 Å². The summed E-state index contributed by atoms with van der Waals surface area (Å²) < 4.78 is 27.8. The van der Waals surface area contributed by atoms with E-state index >= 15 is 0 Å². The molecular weight excluding hydrogens is 424 g/mol. The lowest BCUT2D eigenvalue weighted by atomic mass is 10.1. The Kier molecular flexibility index (Phi) is 6.24. The van der Waals surface area contributed by atoms with Crippen molar-refractivity contribution < 1.29 is 18.1 Å². The second-order valence-corrected chi connectivity index (χ2v) is 9.91. The van der Waals surface area contributed by atoms with Gasteiger partial charge in [-0.15, -0.1) is 0 Å². The van der Waals surface area contributed by atoms with Gasteiger partial charge in [-0.2, -0.15) is 9.57 Å². The second-order valence-electron chi connectivity index (χ2n) is 7.97. The average molecular weight is 450 g/mol. The van der Waals surface area contributed by atoms with Gasteiger partial charge in [0.25, 0.3) is 5.91 Å². The van der Waals surface area contributed by atoms with Crippen LogP contribution in [-0.2, 0) is 14.8 Å². The maximum atomic E-state index is 13.2. The van der Waals surface area contributed by atoms with Crippen molar-refractivity contribution in [3.8, 4) is 6.07 Å². The number of benzene rings is 3. The number of quaternary nitrogens is 1. The molecule has 1 heterocycles. The summed E-state index contributed by atoms with van der Waals surface area (Å²) in [6, 6.07) is 21.4. The zero-order valence-electron chi connectivity index (χ0n) is 17.8. The van der Waals surface area contributed by atoms with Gasteiger partial charge >= 0.3 is 0 Å². The summed E-state index contributed by atoms with van der Waals surface area (Å²) in [6.07, 6.45) is 0. The molecule has 0 saturated carbocycles. The van der Waals surface area contributed by atoms with Crippen LogP contribution in [0.5, 0.6) is 0 Å². The molecule has 0 aromatic heterocycles. The van der Waals surface area contributed by atoms with E-state index in [4.69, 9.17) is 5.26 Å². The lowest BCUT2D eigenvalue weighted by Gasteiger charge is -2.34. The number of sulfonamides is 1. The number of amides is 1. The van der Waals surface area contributed by atoms with Crippen molar-refractivity contribution in [3.05, 3.63) is 72.3 Å². The first-order valence-electron chi connectivity index (χ1n) is 10.5. The summed E-state index contributed by atoms with van der Waals surface area (Å²) in [5, 5.41) is 13.8. The molecule has 4 rings (SSSR count). The minimum Gasteiger partial charge on any atom is -0.323 e. The zero-order chi connectivity index (χ0) is 22.7. The van der Waals surface area contributed by atoms with Gasteiger partial charge in [0.05, 0.1) is 42.7 Å². The molecule has 7 nitrogen and oxygen atoms in total. The van der Waals surface area contributed by atoms with Crippen LogP contribution in [0.2, 0.25) is 0 Å². The molecule has 2 N–H and O–H groups in total. The highest BCUT2D eigenvalue weighted by atomic mass is 32.2. The van der Waals surface area contributed by atoms with Gasteiger partial charge in [0.2, 0.25) is 10.0 Å². The highest BCUT2D eigenvalue weighted by Gasteiger charge is 2.34. The Bertz CT molecular complexity index is 1290. The van der Waals surface area contributed by atoms with Crippen LogP contribution in [-0.4, -0.2) is 50.9 Å². The van der Waals surface area contributed by atoms with Crippen LogP contribution >= 0.6 is 0 Å². The minimum absolute atomic E-state index is 0.152. The molecule has 1 fully saturated rings. The third kappa shape index (κ3) is 4.50. The maximum Gasteiger partial charge on any atom is 0.282 e. The number of nitrogens with one attached hydrogen (secondary N) is 2. The molecular formula is C24H25N4O3S+. The molecule has 1 amide bonds. The molecule has 0 radical (unpaired) electrons. The van der Waals surface area contributed by atoms with Crippen LogP contribution in [0.25, 0.3) is 10.8 Å². The molecule has 3 aromatic carbocycles. The molecule has 1 aliphatic rings. The number of rotatable bonds is 5. The fraction of sp³-hybridized carbons (Fsp3) is 0.250. The van der Waals surface area contributed by atoms with E-state index in [0.29, 0.717) is 42.3 Å². The predicted octanol–water partition coefficient (Wildman–Crippen LogP) is 1.63. The lowest BCUT2D eigenvalue weighted by molar-refractivity contribution is -0.917. The van der Waals surface area contributed by atoms with Crippen LogP contribution in [0.4, 0.5) is 5.69 Å². The number of fused-ring (bicyclic) bond motifs is 1. The molecule has 3 aromatic rings. The van der Waals surface area contributed by atoms with Crippen molar-refractivity contribution >= 4 is 32.4 Å². The highest BCUT2D eigenvalue weighted by molar-refractivity contribution is 7.89. The first kappa shape index (κ1) is 22.0. The van der Waals surface area contributed by atoms with Crippen molar-refractivity contribution in [2.75, 3.05) is 31.5 Å². The Morgan fingerprint density at radius 3 is 2.47 bits per heavy atom. The highest BCUT2D eigenvalue weighted by Crippen LogP contribution is 2.22. The van der Waals surface area contributed by atoms with E-state index in [1.807, 2.05) is 37.3 Å². The fourth-order valence-corrected chi connectivity index (χ4v) is 5.50. The van der Waals surface area contributed by atoms with E-state index in [2.05, 4.69) is 11.4 Å². The smallest absolute Gasteiger partial charge is 0.282 e. The monoisotopic (exact) mass is 449 g/mol. The molecule has 1 aliphatic heterocycles. The molecule has 0 bridgehead atoms. The normalized spacial score (nSPS) is 16.4. The summed E-state index contributed by atoms with van der Waals surface area (Å²) in [7, 11) is -3.59. The Labute approximate surface area is 187 Å². The molecule has 0 unspecified atom stereocenters. The van der Waals surface area contributed by atoms with Gasteiger partial charge in [0.15, 0.2) is 6.04 Å². The number of carbonyl (C=O) groups is 1. The number of piperazine rings is 1. The number of nitrogens with zero attached hydrogens (tertiary/aromatic N) is 2. The van der Waals surface area contributed by atoms with Gasteiger partial charge < -0.3 is 10.2 Å². The van der Waals surface area contributed by atoms with Crippen molar-refractivity contribution in [3.63, 3.8) is 0 Å². The third-order valence-corrected chi connectivity index (χ3v) is 7.88. The number of carbonyl (C=O) groups excluding carboxylic acids is 1. The molecule has 32 heavy (non-hydrogen) atoms. The molecule has 1 saturated heterocycles. The van der Waals surface area contributed by atoms with Crippen LogP contribution < -0.4 is 10.2 Å². The van der Waals surface area contributed by atoms with Crippen molar-refractivity contribution in [2.45, 2.75) is 17.9 Å². The number of anilines is 1. The van der Waals surface area contributed by atoms with Crippen molar-refractivity contribution in [2.24, 2.45) is 0 Å². The third-order valence-electron chi connectivity index (χ3n) is 5.99. The summed E-state index contributed by atoms with van der Waals surface area (Å²) in [5.74, 6) is -0.152. The van der Waals surface area contributed by atoms with E-state index in [-0.39, 0.29) is 11.9 Å². The number of nitriles is 1. The topological polar surface area (TPSA) is 94.7 Å². The largest absolute Gasteiger partial charge is 0.323 e.